The van der Waals surface area contributed by atoms with Gasteiger partial charge in [-0.05, 0) is 139 Å². The summed E-state index contributed by atoms with van der Waals surface area (Å²) >= 11 is 0. The third kappa shape index (κ3) is 18.0. The Morgan fingerprint density at radius 3 is 1.47 bits per heavy atom. The summed E-state index contributed by atoms with van der Waals surface area (Å²) in [5.41, 5.74) is 2.43. The Balaban J connectivity index is 0.734. The van der Waals surface area contributed by atoms with Crippen molar-refractivity contribution in [3.63, 3.8) is 0 Å². The Kier molecular flexibility index (Phi) is 26.3. The van der Waals surface area contributed by atoms with Gasteiger partial charge in [0.2, 0.25) is 47.3 Å². The molecule has 514 valence electrons. The van der Waals surface area contributed by atoms with Crippen molar-refractivity contribution in [2.45, 2.75) is 177 Å². The van der Waals surface area contributed by atoms with E-state index in [-0.39, 0.29) is 90.9 Å². The lowest BCUT2D eigenvalue weighted by Crippen LogP contribution is -2.59. The molecule has 9 rings (SSSR count). The van der Waals surface area contributed by atoms with E-state index in [1.165, 1.54) is 0 Å². The van der Waals surface area contributed by atoms with Crippen LogP contribution in [-0.2, 0) is 44.9 Å². The van der Waals surface area contributed by atoms with Crippen molar-refractivity contribution >= 4 is 58.6 Å². The van der Waals surface area contributed by atoms with Crippen LogP contribution in [0.15, 0.2) is 131 Å². The summed E-state index contributed by atoms with van der Waals surface area (Å²) in [6, 6.07) is 31.8. The summed E-state index contributed by atoms with van der Waals surface area (Å²) in [5, 5.41) is 33.9. The molecule has 0 radical (unpaired) electrons. The van der Waals surface area contributed by atoms with E-state index >= 15 is 0 Å². The van der Waals surface area contributed by atoms with Gasteiger partial charge in [-0.25, -0.2) is 0 Å². The molecule has 23 heteroatoms. The number of carbonyl (C=O) groups is 8. The summed E-state index contributed by atoms with van der Waals surface area (Å²) in [5.74, 6) is -3.40. The van der Waals surface area contributed by atoms with Gasteiger partial charge in [0.15, 0.2) is 0 Å². The van der Waals surface area contributed by atoms with Gasteiger partial charge in [-0.15, -0.1) is 0 Å². The molecule has 0 aromatic heterocycles. The molecular formula is C73H97N13O10. The number of nitrogens with zero attached hydrogens (tertiary/aromatic N) is 2. The van der Waals surface area contributed by atoms with Gasteiger partial charge >= 0.3 is 0 Å². The second-order valence-electron chi connectivity index (χ2n) is 25.9. The highest BCUT2D eigenvalue weighted by Crippen LogP contribution is 2.37. The molecule has 8 amide bonds. The predicted molar refractivity (Wildman–Crippen MR) is 369 cm³/mol. The maximum absolute atomic E-state index is 14.8. The number of rotatable bonds is 34. The van der Waals surface area contributed by atoms with Gasteiger partial charge in [0.1, 0.15) is 41.6 Å². The molecule has 0 spiro atoms. The number of nitrogens with one attached hydrogen (secondary N) is 11. The third-order valence-electron chi connectivity index (χ3n) is 19.7. The van der Waals surface area contributed by atoms with Gasteiger partial charge in [-0.1, -0.05) is 135 Å². The normalized spacial score (nSPS) is 21.8. The van der Waals surface area contributed by atoms with E-state index in [9.17, 15) is 47.9 Å². The number of hydrogen-bond donors (Lipinski definition) is 11. The molecule has 0 aliphatic carbocycles. The topological polar surface area (TPSA) is 310 Å². The highest BCUT2D eigenvalue weighted by molar-refractivity contribution is 5.97. The van der Waals surface area contributed by atoms with E-state index in [0.717, 1.165) is 16.7 Å². The number of likely N-dealkylation sites (N-methyl/N-ethyl adjacent to an activating group) is 2. The van der Waals surface area contributed by atoms with Crippen molar-refractivity contribution in [1.29, 1.82) is 0 Å². The molecule has 96 heavy (non-hydrogen) atoms. The van der Waals surface area contributed by atoms with Crippen molar-refractivity contribution in [2.24, 2.45) is 11.8 Å². The van der Waals surface area contributed by atoms with Crippen molar-refractivity contribution in [2.75, 3.05) is 57.5 Å². The van der Waals surface area contributed by atoms with Crippen LogP contribution in [0.5, 0.6) is 0 Å². The molecular weight excluding hydrogens is 1220 g/mol. The lowest BCUT2D eigenvalue weighted by Gasteiger charge is -2.33. The quantitative estimate of drug-likeness (QED) is 0.0202. The van der Waals surface area contributed by atoms with Crippen LogP contribution in [0.25, 0.3) is 0 Å². The van der Waals surface area contributed by atoms with Crippen LogP contribution < -0.4 is 69.3 Å². The summed E-state index contributed by atoms with van der Waals surface area (Å²) in [7, 11) is 3.39. The van der Waals surface area contributed by atoms with E-state index in [4.69, 9.17) is 0 Å². The highest BCUT2D eigenvalue weighted by atomic mass is 16.2. The van der Waals surface area contributed by atoms with Gasteiger partial charge < -0.3 is 68.3 Å². The van der Waals surface area contributed by atoms with Crippen LogP contribution >= 0.6 is 0 Å². The van der Waals surface area contributed by atoms with E-state index in [2.05, 4.69) is 58.5 Å². The molecule has 4 aliphatic heterocycles. The van der Waals surface area contributed by atoms with E-state index in [1.54, 1.807) is 48.2 Å². The Morgan fingerprint density at radius 1 is 0.490 bits per heavy atom. The smallest absolute Gasteiger partial charge is 0.253 e. The first kappa shape index (κ1) is 71.5. The number of fused-ring (bicyclic) bond motifs is 2. The fourth-order valence-electron chi connectivity index (χ4n) is 14.3. The summed E-state index contributed by atoms with van der Waals surface area (Å²) in [4.78, 5) is 142. The lowest BCUT2D eigenvalue weighted by molar-refractivity contribution is -0.144. The number of hydrogen-bond acceptors (Lipinski definition) is 15. The van der Waals surface area contributed by atoms with Gasteiger partial charge in [0, 0.05) is 57.1 Å². The summed E-state index contributed by atoms with van der Waals surface area (Å²) in [6.07, 6.45) is 7.52. The SMILES string of the molecule is CC[C@H](NC)C(=O)N[C@@H]1C(=O)N2[C@@H](CC[C@@H]1CNC(=O)CCCNc1c(NCCCCNC(=O)[C@@H](NC(=O)[C@@H]3CC[C@@H]4CC[C@H](CCNCc5ccccc5)[C@H](NC(=O)[C@H](CC)NC)C(=O)N43)c3ccccc3)c(=O)c1=O)CC[C@H]2C(=O)NC(c1ccccc1)c1ccccc1. The van der Waals surface area contributed by atoms with Crippen LogP contribution in [0.3, 0.4) is 0 Å². The monoisotopic (exact) mass is 1320 g/mol. The Bertz CT molecular complexity index is 3440. The van der Waals surface area contributed by atoms with Crippen LogP contribution in [-0.4, -0.2) is 152 Å². The molecule has 0 unspecified atom stereocenters. The molecule has 4 aliphatic rings. The van der Waals surface area contributed by atoms with Gasteiger partial charge in [0.05, 0.1) is 18.1 Å². The second-order valence-corrected chi connectivity index (χ2v) is 25.9. The second kappa shape index (κ2) is 35.3. The lowest BCUT2D eigenvalue weighted by atomic mass is 9.90. The molecule has 4 saturated heterocycles. The summed E-state index contributed by atoms with van der Waals surface area (Å²) in [6.45, 7) is 5.90. The van der Waals surface area contributed by atoms with Crippen molar-refractivity contribution in [1.82, 2.24) is 57.7 Å². The van der Waals surface area contributed by atoms with Gasteiger partial charge in [-0.2, -0.15) is 0 Å². The zero-order valence-corrected chi connectivity index (χ0v) is 55.8. The zero-order chi connectivity index (χ0) is 68.1. The largest absolute Gasteiger partial charge is 0.380 e. The average molecular weight is 1320 g/mol. The molecule has 11 N–H and O–H groups in total. The van der Waals surface area contributed by atoms with Crippen LogP contribution in [0.4, 0.5) is 11.4 Å². The van der Waals surface area contributed by atoms with Crippen LogP contribution in [0.1, 0.15) is 144 Å². The Labute approximate surface area is 562 Å². The van der Waals surface area contributed by atoms with Crippen LogP contribution in [0.2, 0.25) is 0 Å². The van der Waals surface area contributed by atoms with Gasteiger partial charge in [0.25, 0.3) is 10.9 Å². The molecule has 5 aromatic carbocycles. The van der Waals surface area contributed by atoms with Gasteiger partial charge in [-0.3, -0.25) is 47.9 Å². The fraction of sp³-hybridized carbons (Fsp3) is 0.507. The highest BCUT2D eigenvalue weighted by Gasteiger charge is 2.50. The standard InChI is InChI=1S/C73H97N13O10/c1-5-54(74-3)67(90)83-61-50(39-43-76-44-46-22-11-7-12-23-46)31-33-52-35-38-57(85(52)72(61)95)70(93)82-60(49-28-17-10-18-29-49)71(94)79-41-20-19-40-77-63-64(66(89)65(63)88)78-42-21-30-58(87)80-45-51-32-34-53-36-37-56(86(53)73(96)62(51)84-68(91)55(6-2)75-4)69(92)81-59(47-24-13-8-14-25-47)48-26-15-9-16-27-48/h7-18,22-29,50-57,59-62,74-78H,5-6,19-21,30-45H2,1-4H3,(H,79,94)(H,80,87)(H,81,92)(H,82,93)(H,83,90)(H,84,91)/t50-,51-,52+,53+,54+,55+,56+,57+,60+,61+,62+/m1/s1. The fourth-order valence-corrected chi connectivity index (χ4v) is 14.3. The minimum absolute atomic E-state index is 0.0641. The number of anilines is 2. The minimum Gasteiger partial charge on any atom is -0.380 e. The maximum Gasteiger partial charge on any atom is 0.253 e. The zero-order valence-electron chi connectivity index (χ0n) is 55.8. The van der Waals surface area contributed by atoms with Crippen molar-refractivity contribution < 1.29 is 38.4 Å². The number of benzene rings is 4. The van der Waals surface area contributed by atoms with E-state index < -0.39 is 76.9 Å². The average Bonchev–Trinajstić information content (AvgIpc) is 1.55. The minimum atomic E-state index is -1.08. The molecule has 0 bridgehead atoms. The van der Waals surface area contributed by atoms with Crippen molar-refractivity contribution in [3.8, 4) is 0 Å². The number of unbranched alkanes of at least 4 members (excludes halogenated alkanes) is 1. The Morgan fingerprint density at radius 2 is 0.948 bits per heavy atom. The van der Waals surface area contributed by atoms with E-state index in [0.29, 0.717) is 115 Å². The first-order valence-electron chi connectivity index (χ1n) is 34.6. The third-order valence-corrected chi connectivity index (χ3v) is 19.7. The molecule has 5 aromatic rings. The molecule has 0 saturated carbocycles. The van der Waals surface area contributed by atoms with E-state index in [1.807, 2.05) is 111 Å². The maximum atomic E-state index is 14.8. The van der Waals surface area contributed by atoms with Crippen molar-refractivity contribution in [3.05, 3.63) is 164 Å². The molecule has 4 heterocycles. The molecule has 11 atom stereocenters. The number of amides is 8. The first-order valence-corrected chi connectivity index (χ1v) is 34.6. The first-order chi connectivity index (χ1) is 46.6. The number of carbonyl (C=O) groups excluding carboxylic acids is 8. The van der Waals surface area contributed by atoms with Crippen LogP contribution in [0, 0.1) is 11.8 Å². The Hall–Kier alpha value is -8.80. The molecule has 4 fully saturated rings. The molecule has 23 nitrogen and oxygen atoms in total. The predicted octanol–water partition coefficient (Wildman–Crippen LogP) is 4.35. The summed E-state index contributed by atoms with van der Waals surface area (Å²) < 4.78 is 0.